The molecule has 0 aliphatic carbocycles. The van der Waals surface area contributed by atoms with Crippen LogP contribution in [0.15, 0.2) is 16.9 Å². The smallest absolute Gasteiger partial charge is 0.267 e. The molecule has 2 fully saturated rings. The molecule has 23 heavy (non-hydrogen) atoms. The number of carbonyl (C=O) groups is 1. The summed E-state index contributed by atoms with van der Waals surface area (Å²) in [6, 6.07) is 2.97. The molecule has 1 aromatic heterocycles. The number of aliphatic hydroxyl groups is 1. The highest BCUT2D eigenvalue weighted by atomic mass is 16.5. The van der Waals surface area contributed by atoms with Crippen molar-refractivity contribution in [2.45, 2.75) is 25.6 Å². The van der Waals surface area contributed by atoms with Crippen molar-refractivity contribution in [3.05, 3.63) is 28.2 Å². The number of rotatable bonds is 3. The van der Waals surface area contributed by atoms with Crippen molar-refractivity contribution in [1.82, 2.24) is 19.6 Å². The summed E-state index contributed by atoms with van der Waals surface area (Å²) in [5.74, 6) is -0.194. The molecule has 0 aromatic carbocycles. The number of hydrogen-bond donors (Lipinski definition) is 1. The van der Waals surface area contributed by atoms with Gasteiger partial charge in [-0.2, -0.15) is 5.10 Å². The molecule has 1 aromatic rings. The number of likely N-dealkylation sites (tertiary alicyclic amines) is 1. The van der Waals surface area contributed by atoms with Gasteiger partial charge >= 0.3 is 0 Å². The average molecular weight is 322 g/mol. The van der Waals surface area contributed by atoms with Gasteiger partial charge < -0.3 is 14.7 Å². The normalized spacial score (nSPS) is 25.7. The van der Waals surface area contributed by atoms with Gasteiger partial charge in [-0.1, -0.05) is 0 Å². The van der Waals surface area contributed by atoms with Crippen LogP contribution in [0.3, 0.4) is 0 Å². The zero-order chi connectivity index (χ0) is 16.4. The van der Waals surface area contributed by atoms with Crippen LogP contribution in [0.4, 0.5) is 0 Å². The minimum absolute atomic E-state index is 0.0648. The lowest BCUT2D eigenvalue weighted by atomic mass is 10.2. The van der Waals surface area contributed by atoms with E-state index >= 15 is 0 Å². The molecule has 126 valence electrons. The molecular formula is C15H22N4O4. The van der Waals surface area contributed by atoms with E-state index in [1.54, 1.807) is 17.9 Å². The molecule has 3 heterocycles. The molecule has 0 saturated carbocycles. The fourth-order valence-electron chi connectivity index (χ4n) is 3.13. The third kappa shape index (κ3) is 3.60. The van der Waals surface area contributed by atoms with Gasteiger partial charge in [-0.25, -0.2) is 4.68 Å². The summed E-state index contributed by atoms with van der Waals surface area (Å²) in [4.78, 5) is 28.0. The highest BCUT2D eigenvalue weighted by Gasteiger charge is 2.38. The third-order valence-corrected chi connectivity index (χ3v) is 4.41. The van der Waals surface area contributed by atoms with Gasteiger partial charge in [0.05, 0.1) is 31.1 Å². The molecule has 1 N–H and O–H groups in total. The average Bonchev–Trinajstić information content (AvgIpc) is 2.94. The maximum absolute atomic E-state index is 12.4. The van der Waals surface area contributed by atoms with Gasteiger partial charge in [-0.3, -0.25) is 14.5 Å². The van der Waals surface area contributed by atoms with Gasteiger partial charge in [-0.15, -0.1) is 0 Å². The van der Waals surface area contributed by atoms with Crippen molar-refractivity contribution in [1.29, 1.82) is 0 Å². The lowest BCUT2D eigenvalue weighted by molar-refractivity contribution is -0.131. The lowest BCUT2D eigenvalue weighted by Gasteiger charge is -2.33. The van der Waals surface area contributed by atoms with Crippen molar-refractivity contribution in [3.8, 4) is 0 Å². The van der Waals surface area contributed by atoms with Crippen LogP contribution >= 0.6 is 0 Å². The lowest BCUT2D eigenvalue weighted by Crippen LogP contribution is -2.49. The number of aromatic nitrogens is 2. The van der Waals surface area contributed by atoms with E-state index in [1.165, 1.54) is 10.7 Å². The second kappa shape index (κ2) is 6.77. The molecule has 1 amide bonds. The first-order chi connectivity index (χ1) is 11.0. The Bertz CT molecular complexity index is 626. The minimum atomic E-state index is -0.570. The summed E-state index contributed by atoms with van der Waals surface area (Å²) in [5.41, 5.74) is 0.387. The fraction of sp³-hybridized carbons (Fsp3) is 0.667. The highest BCUT2D eigenvalue weighted by molar-refractivity contribution is 5.76. The Hall–Kier alpha value is -1.77. The van der Waals surface area contributed by atoms with Crippen molar-refractivity contribution >= 4 is 5.91 Å². The molecule has 8 nitrogen and oxygen atoms in total. The zero-order valence-electron chi connectivity index (χ0n) is 13.2. The molecule has 2 saturated heterocycles. The summed E-state index contributed by atoms with van der Waals surface area (Å²) in [6.45, 7) is 5.28. The van der Waals surface area contributed by atoms with Crippen LogP contribution in [-0.2, 0) is 16.1 Å². The first-order valence-electron chi connectivity index (χ1n) is 7.87. The van der Waals surface area contributed by atoms with Crippen LogP contribution in [0.25, 0.3) is 0 Å². The molecule has 0 spiro atoms. The molecule has 3 rings (SSSR count). The predicted molar refractivity (Wildman–Crippen MR) is 82.0 cm³/mol. The highest BCUT2D eigenvalue weighted by Crippen LogP contribution is 2.18. The Morgan fingerprint density at radius 1 is 1.35 bits per heavy atom. The first kappa shape index (κ1) is 16.1. The number of hydrogen-bond acceptors (Lipinski definition) is 6. The number of nitrogens with zero attached hydrogens (tertiary/aromatic N) is 4. The van der Waals surface area contributed by atoms with Crippen LogP contribution in [-0.4, -0.2) is 82.1 Å². The van der Waals surface area contributed by atoms with Crippen molar-refractivity contribution < 1.29 is 14.6 Å². The van der Waals surface area contributed by atoms with E-state index in [9.17, 15) is 14.7 Å². The number of carbonyl (C=O) groups excluding carboxylic acids is 1. The molecule has 0 bridgehead atoms. The standard InChI is InChI=1S/C15H22N4O4/c1-11-2-3-14(21)19(16-11)10-15(22)18-8-12(13(20)9-18)17-4-6-23-7-5-17/h2-3,12-13,20H,4-10H2,1H3/t12-,13-/m1/s1. The molecule has 2 aliphatic rings. The second-order valence-corrected chi connectivity index (χ2v) is 6.05. The number of morpholine rings is 1. The maximum atomic E-state index is 12.4. The van der Waals surface area contributed by atoms with Gasteiger partial charge in [0, 0.05) is 32.2 Å². The van der Waals surface area contributed by atoms with Crippen molar-refractivity contribution in [2.24, 2.45) is 0 Å². The van der Waals surface area contributed by atoms with Gasteiger partial charge in [0.25, 0.3) is 5.56 Å². The minimum Gasteiger partial charge on any atom is -0.390 e. The topological polar surface area (TPSA) is 87.9 Å². The monoisotopic (exact) mass is 322 g/mol. The van der Waals surface area contributed by atoms with E-state index in [2.05, 4.69) is 10.00 Å². The maximum Gasteiger partial charge on any atom is 0.267 e. The number of aryl methyl sites for hydroxylation is 1. The summed E-state index contributed by atoms with van der Waals surface area (Å²) >= 11 is 0. The zero-order valence-corrected chi connectivity index (χ0v) is 13.2. The Kier molecular flexibility index (Phi) is 4.74. The first-order valence-corrected chi connectivity index (χ1v) is 7.87. The van der Waals surface area contributed by atoms with E-state index < -0.39 is 6.10 Å². The van der Waals surface area contributed by atoms with Gasteiger partial charge in [-0.05, 0) is 13.0 Å². The fourth-order valence-corrected chi connectivity index (χ4v) is 3.13. The summed E-state index contributed by atoms with van der Waals surface area (Å²) in [5, 5.41) is 14.3. The molecular weight excluding hydrogens is 300 g/mol. The Morgan fingerprint density at radius 3 is 2.83 bits per heavy atom. The number of β-amino-alcohol motifs (C(OH)–C–C–N with tert-alkyl or cyclic N) is 1. The SMILES string of the molecule is Cc1ccc(=O)n(CC(=O)N2C[C@@H](O)[C@H](N3CCOCC3)C2)n1. The van der Waals surface area contributed by atoms with E-state index in [0.717, 1.165) is 13.1 Å². The van der Waals surface area contributed by atoms with Gasteiger partial charge in [0.15, 0.2) is 0 Å². The summed E-state index contributed by atoms with van der Waals surface area (Å²) in [6.07, 6.45) is -0.570. The number of aliphatic hydroxyl groups excluding tert-OH is 1. The largest absolute Gasteiger partial charge is 0.390 e. The molecule has 0 unspecified atom stereocenters. The van der Waals surface area contributed by atoms with Crippen LogP contribution in [0, 0.1) is 6.92 Å². The Labute approximate surface area is 134 Å². The predicted octanol–water partition coefficient (Wildman–Crippen LogP) is -1.54. The van der Waals surface area contributed by atoms with E-state index in [4.69, 9.17) is 4.74 Å². The van der Waals surface area contributed by atoms with E-state index in [1.807, 2.05) is 0 Å². The quantitative estimate of drug-likeness (QED) is 0.725. The van der Waals surface area contributed by atoms with Crippen LogP contribution < -0.4 is 5.56 Å². The van der Waals surface area contributed by atoms with Crippen molar-refractivity contribution in [3.63, 3.8) is 0 Å². The van der Waals surface area contributed by atoms with Gasteiger partial charge in [0.1, 0.15) is 6.54 Å². The van der Waals surface area contributed by atoms with Crippen molar-refractivity contribution in [2.75, 3.05) is 39.4 Å². The second-order valence-electron chi connectivity index (χ2n) is 6.05. The number of ether oxygens (including phenoxy) is 1. The Balaban J connectivity index is 1.64. The van der Waals surface area contributed by atoms with Crippen LogP contribution in [0.2, 0.25) is 0 Å². The number of amides is 1. The molecule has 2 aliphatic heterocycles. The summed E-state index contributed by atoms with van der Waals surface area (Å²) in [7, 11) is 0. The summed E-state index contributed by atoms with van der Waals surface area (Å²) < 4.78 is 6.49. The van der Waals surface area contributed by atoms with E-state index in [-0.39, 0.29) is 24.1 Å². The molecule has 0 radical (unpaired) electrons. The third-order valence-electron chi connectivity index (χ3n) is 4.41. The Morgan fingerprint density at radius 2 is 2.09 bits per heavy atom. The van der Waals surface area contributed by atoms with E-state index in [0.29, 0.717) is 32.0 Å². The molecule has 2 atom stereocenters. The van der Waals surface area contributed by atoms with Crippen LogP contribution in [0.5, 0.6) is 0 Å². The van der Waals surface area contributed by atoms with Crippen LogP contribution in [0.1, 0.15) is 5.69 Å². The van der Waals surface area contributed by atoms with Gasteiger partial charge in [0.2, 0.25) is 5.91 Å². The molecule has 8 heteroatoms.